The minimum atomic E-state index is -0.0367. The zero-order valence-corrected chi connectivity index (χ0v) is 22.3. The number of benzene rings is 6. The van der Waals surface area contributed by atoms with E-state index in [2.05, 4.69) is 135 Å². The molecular weight excluding hydrogens is 476 g/mol. The molecule has 0 atom stereocenters. The standard InChI is InChI=1S/C37H26S/c1-37(2)32-19-7-5-16-30(32)35-28-15-4-3-13-26(28)31(22-33(35)37)24-12-9-11-23(21-24)25-17-10-18-29-27-14-6-8-20-34(27)38-36(25)29/h3-22H,1-2H3. The summed E-state index contributed by atoms with van der Waals surface area (Å²) in [6, 6.07) is 45.0. The quantitative estimate of drug-likeness (QED) is 0.220. The van der Waals surface area contributed by atoms with E-state index in [0.717, 1.165) is 0 Å². The lowest BCUT2D eigenvalue weighted by molar-refractivity contribution is 0.661. The van der Waals surface area contributed by atoms with Gasteiger partial charge in [-0.1, -0.05) is 117 Å². The van der Waals surface area contributed by atoms with E-state index in [9.17, 15) is 0 Å². The van der Waals surface area contributed by atoms with Crippen molar-refractivity contribution in [1.82, 2.24) is 0 Å². The van der Waals surface area contributed by atoms with Gasteiger partial charge in [0.15, 0.2) is 0 Å². The summed E-state index contributed by atoms with van der Waals surface area (Å²) in [6.07, 6.45) is 0. The van der Waals surface area contributed by atoms with Crippen LogP contribution in [0.3, 0.4) is 0 Å². The van der Waals surface area contributed by atoms with Crippen molar-refractivity contribution in [2.75, 3.05) is 0 Å². The summed E-state index contributed by atoms with van der Waals surface area (Å²) in [5.41, 5.74) is 10.7. The van der Waals surface area contributed by atoms with Gasteiger partial charge in [-0.3, -0.25) is 0 Å². The van der Waals surface area contributed by atoms with Gasteiger partial charge in [0, 0.05) is 25.6 Å². The summed E-state index contributed by atoms with van der Waals surface area (Å²) in [5.74, 6) is 0. The van der Waals surface area contributed by atoms with E-state index in [-0.39, 0.29) is 5.41 Å². The van der Waals surface area contributed by atoms with Crippen molar-refractivity contribution in [3.8, 4) is 33.4 Å². The summed E-state index contributed by atoms with van der Waals surface area (Å²) in [7, 11) is 0. The van der Waals surface area contributed by atoms with Crippen molar-refractivity contribution < 1.29 is 0 Å². The Morgan fingerprint density at radius 1 is 0.474 bits per heavy atom. The molecular formula is C37H26S. The first-order chi connectivity index (χ1) is 18.6. The van der Waals surface area contributed by atoms with Gasteiger partial charge in [-0.05, 0) is 73.5 Å². The molecule has 0 amide bonds. The minimum Gasteiger partial charge on any atom is -0.135 e. The average Bonchev–Trinajstić information content (AvgIpc) is 3.45. The number of fused-ring (bicyclic) bond motifs is 8. The molecule has 38 heavy (non-hydrogen) atoms. The normalized spacial score (nSPS) is 13.7. The number of rotatable bonds is 2. The van der Waals surface area contributed by atoms with Gasteiger partial charge in [0.05, 0.1) is 0 Å². The van der Waals surface area contributed by atoms with Crippen molar-refractivity contribution in [1.29, 1.82) is 0 Å². The highest BCUT2D eigenvalue weighted by molar-refractivity contribution is 7.26. The lowest BCUT2D eigenvalue weighted by Crippen LogP contribution is -2.15. The predicted octanol–water partition coefficient (Wildman–Crippen LogP) is 10.8. The van der Waals surface area contributed by atoms with E-state index in [0.29, 0.717) is 0 Å². The number of hydrogen-bond donors (Lipinski definition) is 0. The van der Waals surface area contributed by atoms with Gasteiger partial charge in [-0.15, -0.1) is 11.3 Å². The summed E-state index contributed by atoms with van der Waals surface area (Å²) in [5, 5.41) is 5.35. The van der Waals surface area contributed by atoms with Crippen LogP contribution in [0.15, 0.2) is 121 Å². The van der Waals surface area contributed by atoms with Crippen molar-refractivity contribution >= 4 is 42.3 Å². The Balaban J connectivity index is 1.37. The van der Waals surface area contributed by atoms with Crippen molar-refractivity contribution in [3.05, 3.63) is 132 Å². The fraction of sp³-hybridized carbons (Fsp3) is 0.0811. The van der Waals surface area contributed by atoms with Crippen molar-refractivity contribution in [3.63, 3.8) is 0 Å². The summed E-state index contributed by atoms with van der Waals surface area (Å²) >= 11 is 1.90. The van der Waals surface area contributed by atoms with Gasteiger partial charge in [-0.2, -0.15) is 0 Å². The van der Waals surface area contributed by atoms with Crippen LogP contribution in [0, 0.1) is 0 Å². The molecule has 0 unspecified atom stereocenters. The third kappa shape index (κ3) is 2.97. The van der Waals surface area contributed by atoms with Gasteiger partial charge in [-0.25, -0.2) is 0 Å². The monoisotopic (exact) mass is 502 g/mol. The van der Waals surface area contributed by atoms with E-state index >= 15 is 0 Å². The van der Waals surface area contributed by atoms with Crippen molar-refractivity contribution in [2.45, 2.75) is 19.3 Å². The lowest BCUT2D eigenvalue weighted by atomic mass is 9.80. The Labute approximate surface area is 226 Å². The highest BCUT2D eigenvalue weighted by Crippen LogP contribution is 2.53. The second kappa shape index (κ2) is 7.90. The van der Waals surface area contributed by atoms with Crippen LogP contribution in [-0.2, 0) is 5.41 Å². The van der Waals surface area contributed by atoms with Gasteiger partial charge in [0.2, 0.25) is 0 Å². The molecule has 0 nitrogen and oxygen atoms in total. The van der Waals surface area contributed by atoms with Crippen LogP contribution in [0.1, 0.15) is 25.0 Å². The topological polar surface area (TPSA) is 0 Å². The smallest absolute Gasteiger partial charge is 0.0433 e. The first kappa shape index (κ1) is 21.8. The zero-order valence-electron chi connectivity index (χ0n) is 21.5. The Morgan fingerprint density at radius 3 is 1.97 bits per heavy atom. The SMILES string of the molecule is CC1(C)c2ccccc2-c2c1cc(-c1cccc(-c3cccc4c3sc3ccccc34)c1)c1ccccc21. The molecule has 0 bridgehead atoms. The molecule has 0 fully saturated rings. The third-order valence-electron chi connectivity index (χ3n) is 8.48. The predicted molar refractivity (Wildman–Crippen MR) is 165 cm³/mol. The van der Waals surface area contributed by atoms with Crippen LogP contribution in [0.4, 0.5) is 0 Å². The molecule has 0 N–H and O–H groups in total. The van der Waals surface area contributed by atoms with E-state index in [1.165, 1.54) is 75.5 Å². The van der Waals surface area contributed by atoms with E-state index < -0.39 is 0 Å². The van der Waals surface area contributed by atoms with Gasteiger partial charge < -0.3 is 0 Å². The van der Waals surface area contributed by atoms with E-state index in [1.807, 2.05) is 11.3 Å². The van der Waals surface area contributed by atoms with Gasteiger partial charge in [0.25, 0.3) is 0 Å². The van der Waals surface area contributed by atoms with Crippen molar-refractivity contribution in [2.24, 2.45) is 0 Å². The second-order valence-corrected chi connectivity index (χ2v) is 12.0. The lowest BCUT2D eigenvalue weighted by Gasteiger charge is -2.23. The first-order valence-corrected chi connectivity index (χ1v) is 14.1. The molecule has 1 heterocycles. The zero-order chi connectivity index (χ0) is 25.4. The Kier molecular flexibility index (Phi) is 4.54. The molecule has 1 aromatic heterocycles. The molecule has 0 saturated carbocycles. The maximum atomic E-state index is 2.47. The number of hydrogen-bond acceptors (Lipinski definition) is 1. The van der Waals surface area contributed by atoms with Gasteiger partial charge >= 0.3 is 0 Å². The van der Waals surface area contributed by atoms with Crippen LogP contribution in [0.5, 0.6) is 0 Å². The molecule has 8 rings (SSSR count). The molecule has 0 aliphatic heterocycles. The molecule has 1 heteroatoms. The van der Waals surface area contributed by atoms with E-state index in [1.54, 1.807) is 0 Å². The molecule has 0 saturated heterocycles. The Morgan fingerprint density at radius 2 is 1.11 bits per heavy atom. The van der Waals surface area contributed by atoms with Gasteiger partial charge in [0.1, 0.15) is 0 Å². The molecule has 1 aliphatic rings. The average molecular weight is 503 g/mol. The van der Waals surface area contributed by atoms with Crippen LogP contribution >= 0.6 is 11.3 Å². The summed E-state index contributed by atoms with van der Waals surface area (Å²) < 4.78 is 2.71. The first-order valence-electron chi connectivity index (χ1n) is 13.3. The van der Waals surface area contributed by atoms with Crippen LogP contribution < -0.4 is 0 Å². The fourth-order valence-corrected chi connectivity index (χ4v) is 7.86. The highest BCUT2D eigenvalue weighted by atomic mass is 32.1. The van der Waals surface area contributed by atoms with Crippen LogP contribution in [-0.4, -0.2) is 0 Å². The maximum absolute atomic E-state index is 2.47. The van der Waals surface area contributed by atoms with Crippen LogP contribution in [0.25, 0.3) is 64.3 Å². The highest BCUT2D eigenvalue weighted by Gasteiger charge is 2.36. The Hall–Kier alpha value is -4.20. The largest absolute Gasteiger partial charge is 0.135 e. The fourth-order valence-electron chi connectivity index (χ4n) is 6.62. The molecule has 0 radical (unpaired) electrons. The minimum absolute atomic E-state index is 0.0367. The third-order valence-corrected chi connectivity index (χ3v) is 9.70. The molecule has 6 aromatic carbocycles. The molecule has 0 spiro atoms. The molecule has 180 valence electrons. The van der Waals surface area contributed by atoms with Crippen LogP contribution in [0.2, 0.25) is 0 Å². The molecule has 1 aliphatic carbocycles. The maximum Gasteiger partial charge on any atom is 0.0433 e. The summed E-state index contributed by atoms with van der Waals surface area (Å²) in [4.78, 5) is 0. The second-order valence-electron chi connectivity index (χ2n) is 10.9. The van der Waals surface area contributed by atoms with E-state index in [4.69, 9.17) is 0 Å². The molecule has 7 aromatic rings. The number of thiophene rings is 1. The summed E-state index contributed by atoms with van der Waals surface area (Å²) in [6.45, 7) is 4.74. The Bertz CT molecular complexity index is 2050.